The largest absolute Gasteiger partial charge is 0.383 e. The first-order valence-corrected chi connectivity index (χ1v) is 7.88. The number of thioether (sulfide) groups is 1. The second kappa shape index (κ2) is 6.45. The van der Waals surface area contributed by atoms with Gasteiger partial charge in [0, 0.05) is 43.2 Å². The first-order valence-electron chi connectivity index (χ1n) is 6.83. The van der Waals surface area contributed by atoms with Crippen molar-refractivity contribution in [3.05, 3.63) is 33.9 Å². The maximum Gasteiger partial charge on any atom is 0.292 e. The lowest BCUT2D eigenvalue weighted by molar-refractivity contribution is -0.384. The van der Waals surface area contributed by atoms with Crippen LogP contribution >= 0.6 is 11.8 Å². The number of nitrogens with zero attached hydrogens (tertiary/aromatic N) is 2. The Labute approximate surface area is 123 Å². The molecular weight excluding hydrogens is 274 g/mol. The van der Waals surface area contributed by atoms with Gasteiger partial charge in [-0.05, 0) is 18.6 Å². The van der Waals surface area contributed by atoms with Crippen molar-refractivity contribution in [2.75, 3.05) is 24.7 Å². The van der Waals surface area contributed by atoms with E-state index in [2.05, 4.69) is 24.1 Å². The molecule has 1 heterocycles. The number of hydrogen-bond acceptors (Lipinski definition) is 5. The number of rotatable bonds is 4. The molecule has 2 unspecified atom stereocenters. The van der Waals surface area contributed by atoms with Crippen molar-refractivity contribution < 1.29 is 4.92 Å². The molecule has 1 aliphatic rings. The molecule has 110 valence electrons. The van der Waals surface area contributed by atoms with Crippen LogP contribution in [-0.4, -0.2) is 40.5 Å². The predicted molar refractivity (Wildman–Crippen MR) is 84.4 cm³/mol. The topological polar surface area (TPSA) is 58.4 Å². The van der Waals surface area contributed by atoms with Gasteiger partial charge < -0.3 is 5.32 Å². The molecule has 0 aromatic heterocycles. The van der Waals surface area contributed by atoms with E-state index < -0.39 is 0 Å². The summed E-state index contributed by atoms with van der Waals surface area (Å²) in [5.41, 5.74) is 1.83. The lowest BCUT2D eigenvalue weighted by Gasteiger charge is -2.37. The third-order valence-corrected chi connectivity index (χ3v) is 5.27. The van der Waals surface area contributed by atoms with Gasteiger partial charge in [0.1, 0.15) is 5.69 Å². The van der Waals surface area contributed by atoms with E-state index in [1.165, 1.54) is 0 Å². The van der Waals surface area contributed by atoms with Crippen LogP contribution in [0.5, 0.6) is 0 Å². The van der Waals surface area contributed by atoms with Crippen LogP contribution in [0.25, 0.3) is 0 Å². The molecule has 1 fully saturated rings. The van der Waals surface area contributed by atoms with E-state index in [0.29, 0.717) is 17.0 Å². The molecular formula is C14H21N3O2S. The average Bonchev–Trinajstić information content (AvgIpc) is 2.43. The average molecular weight is 295 g/mol. The van der Waals surface area contributed by atoms with Crippen LogP contribution in [0.4, 0.5) is 11.4 Å². The van der Waals surface area contributed by atoms with E-state index in [1.807, 2.05) is 23.9 Å². The quantitative estimate of drug-likeness (QED) is 0.683. The second-order valence-electron chi connectivity index (χ2n) is 5.15. The Morgan fingerprint density at radius 3 is 2.90 bits per heavy atom. The molecule has 1 saturated heterocycles. The van der Waals surface area contributed by atoms with Crippen molar-refractivity contribution in [1.82, 2.24) is 4.90 Å². The standard InChI is InChI=1S/C14H21N3O2S/c1-10-11(2)20-7-6-16(10)9-12-4-5-14(17(18)19)13(8-12)15-3/h4-5,8,10-11,15H,6-7,9H2,1-3H3. The summed E-state index contributed by atoms with van der Waals surface area (Å²) < 4.78 is 0. The summed E-state index contributed by atoms with van der Waals surface area (Å²) in [5, 5.41) is 14.5. The molecule has 6 heteroatoms. The SMILES string of the molecule is CNc1cc(CN2CCSC(C)C2C)ccc1[N+](=O)[O-]. The Kier molecular flexibility index (Phi) is 4.88. The molecule has 0 saturated carbocycles. The van der Waals surface area contributed by atoms with Crippen molar-refractivity contribution in [1.29, 1.82) is 0 Å². The van der Waals surface area contributed by atoms with Gasteiger partial charge in [-0.15, -0.1) is 0 Å². The van der Waals surface area contributed by atoms with Gasteiger partial charge in [0.15, 0.2) is 0 Å². The zero-order valence-electron chi connectivity index (χ0n) is 12.1. The van der Waals surface area contributed by atoms with Gasteiger partial charge in [-0.2, -0.15) is 11.8 Å². The molecule has 20 heavy (non-hydrogen) atoms. The maximum atomic E-state index is 10.9. The Morgan fingerprint density at radius 2 is 2.25 bits per heavy atom. The fraction of sp³-hybridized carbons (Fsp3) is 0.571. The maximum absolute atomic E-state index is 10.9. The first-order chi connectivity index (χ1) is 9.52. The molecule has 0 spiro atoms. The number of hydrogen-bond donors (Lipinski definition) is 1. The molecule has 5 nitrogen and oxygen atoms in total. The minimum absolute atomic E-state index is 0.131. The van der Waals surface area contributed by atoms with E-state index in [-0.39, 0.29) is 10.6 Å². The summed E-state index contributed by atoms with van der Waals surface area (Å²) in [4.78, 5) is 13.0. The highest BCUT2D eigenvalue weighted by Crippen LogP contribution is 2.28. The highest BCUT2D eigenvalue weighted by molar-refractivity contribution is 8.00. The number of nitrogens with one attached hydrogen (secondary N) is 1. The van der Waals surface area contributed by atoms with E-state index in [1.54, 1.807) is 13.1 Å². The van der Waals surface area contributed by atoms with Crippen molar-refractivity contribution in [2.45, 2.75) is 31.7 Å². The van der Waals surface area contributed by atoms with E-state index >= 15 is 0 Å². The van der Waals surface area contributed by atoms with Gasteiger partial charge in [0.2, 0.25) is 0 Å². The minimum Gasteiger partial charge on any atom is -0.383 e. The van der Waals surface area contributed by atoms with Gasteiger partial charge in [-0.25, -0.2) is 0 Å². The molecule has 1 aromatic rings. The Balaban J connectivity index is 2.15. The van der Waals surface area contributed by atoms with Crippen LogP contribution in [0.2, 0.25) is 0 Å². The van der Waals surface area contributed by atoms with Crippen molar-refractivity contribution >= 4 is 23.1 Å². The van der Waals surface area contributed by atoms with E-state index in [0.717, 1.165) is 24.4 Å². The third-order valence-electron chi connectivity index (χ3n) is 3.93. The van der Waals surface area contributed by atoms with Crippen molar-refractivity contribution in [2.24, 2.45) is 0 Å². The molecule has 1 aliphatic heterocycles. The van der Waals surface area contributed by atoms with Crippen LogP contribution < -0.4 is 5.32 Å². The molecule has 0 aliphatic carbocycles. The predicted octanol–water partition coefficient (Wildman–Crippen LogP) is 2.96. The summed E-state index contributed by atoms with van der Waals surface area (Å²) in [6.45, 7) is 6.43. The van der Waals surface area contributed by atoms with Crippen molar-refractivity contribution in [3.63, 3.8) is 0 Å². The van der Waals surface area contributed by atoms with Gasteiger partial charge in [0.05, 0.1) is 4.92 Å². The molecule has 2 rings (SSSR count). The normalized spacial score (nSPS) is 23.6. The first kappa shape index (κ1) is 15.1. The van der Waals surface area contributed by atoms with Crippen LogP contribution in [0.3, 0.4) is 0 Å². The highest BCUT2D eigenvalue weighted by Gasteiger charge is 2.25. The van der Waals surface area contributed by atoms with Crippen LogP contribution in [0, 0.1) is 10.1 Å². The molecule has 2 atom stereocenters. The zero-order chi connectivity index (χ0) is 14.7. The monoisotopic (exact) mass is 295 g/mol. The number of nitro groups is 1. The molecule has 1 N–H and O–H groups in total. The molecule has 0 amide bonds. The molecule has 0 radical (unpaired) electrons. The lowest BCUT2D eigenvalue weighted by Crippen LogP contribution is -2.43. The van der Waals surface area contributed by atoms with Crippen LogP contribution in [-0.2, 0) is 6.54 Å². The lowest BCUT2D eigenvalue weighted by atomic mass is 10.1. The van der Waals surface area contributed by atoms with Crippen LogP contribution in [0.15, 0.2) is 18.2 Å². The van der Waals surface area contributed by atoms with E-state index in [4.69, 9.17) is 0 Å². The molecule has 0 bridgehead atoms. The fourth-order valence-electron chi connectivity index (χ4n) is 2.49. The Hall–Kier alpha value is -1.27. The highest BCUT2D eigenvalue weighted by atomic mass is 32.2. The van der Waals surface area contributed by atoms with Gasteiger partial charge >= 0.3 is 0 Å². The molecule has 1 aromatic carbocycles. The number of benzene rings is 1. The smallest absolute Gasteiger partial charge is 0.292 e. The summed E-state index contributed by atoms with van der Waals surface area (Å²) in [6.07, 6.45) is 0. The second-order valence-corrected chi connectivity index (χ2v) is 6.63. The summed E-state index contributed by atoms with van der Waals surface area (Å²) in [6, 6.07) is 5.87. The number of nitro benzene ring substituents is 1. The number of anilines is 1. The summed E-state index contributed by atoms with van der Waals surface area (Å²) in [7, 11) is 1.72. The Morgan fingerprint density at radius 1 is 1.50 bits per heavy atom. The zero-order valence-corrected chi connectivity index (χ0v) is 12.9. The van der Waals surface area contributed by atoms with Gasteiger partial charge in [0.25, 0.3) is 5.69 Å². The van der Waals surface area contributed by atoms with Crippen LogP contribution in [0.1, 0.15) is 19.4 Å². The fourth-order valence-corrected chi connectivity index (χ4v) is 3.66. The van der Waals surface area contributed by atoms with E-state index in [9.17, 15) is 10.1 Å². The third kappa shape index (κ3) is 3.24. The minimum atomic E-state index is -0.349. The summed E-state index contributed by atoms with van der Waals surface area (Å²) >= 11 is 2.01. The summed E-state index contributed by atoms with van der Waals surface area (Å²) in [5.74, 6) is 1.15. The van der Waals surface area contributed by atoms with Gasteiger partial charge in [-0.3, -0.25) is 15.0 Å². The Bertz CT molecular complexity index is 495. The van der Waals surface area contributed by atoms with Gasteiger partial charge in [-0.1, -0.05) is 13.0 Å². The van der Waals surface area contributed by atoms with Crippen molar-refractivity contribution in [3.8, 4) is 0 Å².